The molecule has 2 fully saturated rings. The fourth-order valence-corrected chi connectivity index (χ4v) is 5.17. The average Bonchev–Trinajstić information content (AvgIpc) is 3.59. The Morgan fingerprint density at radius 3 is 2.45 bits per heavy atom. The zero-order valence-electron chi connectivity index (χ0n) is 17.6. The van der Waals surface area contributed by atoms with E-state index >= 15 is 0 Å². The van der Waals surface area contributed by atoms with Gasteiger partial charge in [-0.3, -0.25) is 4.79 Å². The third-order valence-corrected chi connectivity index (χ3v) is 7.69. The Labute approximate surface area is 182 Å². The number of hydrogen-bond donors (Lipinski definition) is 0. The van der Waals surface area contributed by atoms with Crippen LogP contribution in [0.2, 0.25) is 0 Å². The summed E-state index contributed by atoms with van der Waals surface area (Å²) in [5.74, 6) is -0.0570. The van der Waals surface area contributed by atoms with Gasteiger partial charge in [-0.05, 0) is 61.1 Å². The summed E-state index contributed by atoms with van der Waals surface area (Å²) in [6.45, 7) is 4.11. The van der Waals surface area contributed by atoms with Crippen LogP contribution in [0, 0.1) is 18.7 Å². The highest BCUT2D eigenvalue weighted by Gasteiger charge is 2.30. The maximum atomic E-state index is 13.5. The van der Waals surface area contributed by atoms with E-state index in [0.717, 1.165) is 24.0 Å². The van der Waals surface area contributed by atoms with Crippen LogP contribution in [0.15, 0.2) is 47.4 Å². The molecular weight excluding hydrogens is 419 g/mol. The predicted octanol–water partition coefficient (Wildman–Crippen LogP) is 3.21. The summed E-state index contributed by atoms with van der Waals surface area (Å²) in [5, 5.41) is 0. The topological polar surface area (TPSA) is 66.9 Å². The van der Waals surface area contributed by atoms with Gasteiger partial charge in [-0.25, -0.2) is 12.8 Å². The van der Waals surface area contributed by atoms with Gasteiger partial charge >= 0.3 is 0 Å². The molecule has 1 aliphatic carbocycles. The Morgan fingerprint density at radius 2 is 1.81 bits per heavy atom. The lowest BCUT2D eigenvalue weighted by Gasteiger charge is -2.27. The highest BCUT2D eigenvalue weighted by molar-refractivity contribution is 7.89. The van der Waals surface area contributed by atoms with Gasteiger partial charge in [0.1, 0.15) is 5.82 Å². The molecule has 0 radical (unpaired) electrons. The lowest BCUT2D eigenvalue weighted by molar-refractivity contribution is 0.0727. The van der Waals surface area contributed by atoms with Crippen molar-refractivity contribution in [1.29, 1.82) is 0 Å². The van der Waals surface area contributed by atoms with Crippen molar-refractivity contribution < 1.29 is 22.3 Å². The molecule has 0 spiro atoms. The van der Waals surface area contributed by atoms with Gasteiger partial charge in [-0.15, -0.1) is 0 Å². The summed E-state index contributed by atoms with van der Waals surface area (Å²) in [4.78, 5) is 15.3. The first-order valence-electron chi connectivity index (χ1n) is 10.6. The van der Waals surface area contributed by atoms with E-state index in [9.17, 15) is 17.6 Å². The molecule has 2 aromatic carbocycles. The highest BCUT2D eigenvalue weighted by atomic mass is 32.2. The second kappa shape index (κ2) is 9.06. The lowest BCUT2D eigenvalue weighted by Crippen LogP contribution is -2.40. The van der Waals surface area contributed by atoms with E-state index in [4.69, 9.17) is 4.74 Å². The summed E-state index contributed by atoms with van der Waals surface area (Å²) in [6, 6.07) is 10.9. The summed E-state index contributed by atoms with van der Waals surface area (Å²) >= 11 is 0. The molecule has 0 aromatic heterocycles. The van der Waals surface area contributed by atoms with Crippen LogP contribution >= 0.6 is 0 Å². The number of rotatable bonds is 7. The van der Waals surface area contributed by atoms with Gasteiger partial charge in [0.05, 0.1) is 18.1 Å². The zero-order valence-corrected chi connectivity index (χ0v) is 18.4. The molecule has 166 valence electrons. The van der Waals surface area contributed by atoms with Crippen molar-refractivity contribution in [1.82, 2.24) is 9.21 Å². The molecule has 6 nitrogen and oxygen atoms in total. The van der Waals surface area contributed by atoms with Crippen LogP contribution in [-0.4, -0.2) is 56.4 Å². The molecule has 1 saturated heterocycles. The van der Waals surface area contributed by atoms with Crippen molar-refractivity contribution in [3.05, 3.63) is 65.0 Å². The molecule has 1 heterocycles. The van der Waals surface area contributed by atoms with Gasteiger partial charge in [-0.1, -0.05) is 18.2 Å². The standard InChI is InChI=1S/C23H27FN2O4S/c1-17-2-9-21(31(28,29)26-10-12-30-13-11-26)14-22(17)23(27)25(15-18-3-4-18)16-19-5-7-20(24)8-6-19/h2,5-9,14,18H,3-4,10-13,15-16H2,1H3. The molecule has 1 saturated carbocycles. The molecule has 8 heteroatoms. The second-order valence-corrected chi connectivity index (χ2v) is 10.2. The number of amides is 1. The van der Waals surface area contributed by atoms with E-state index in [2.05, 4.69) is 0 Å². The first kappa shape index (κ1) is 21.9. The van der Waals surface area contributed by atoms with E-state index in [-0.39, 0.29) is 16.6 Å². The summed E-state index contributed by atoms with van der Waals surface area (Å²) in [7, 11) is -3.69. The molecule has 0 unspecified atom stereocenters. The fourth-order valence-electron chi connectivity index (χ4n) is 3.74. The van der Waals surface area contributed by atoms with Crippen molar-refractivity contribution in [3.63, 3.8) is 0 Å². The van der Waals surface area contributed by atoms with E-state index < -0.39 is 10.0 Å². The van der Waals surface area contributed by atoms with Gasteiger partial charge in [0, 0.05) is 31.7 Å². The largest absolute Gasteiger partial charge is 0.379 e. The Balaban J connectivity index is 1.61. The van der Waals surface area contributed by atoms with Crippen molar-refractivity contribution >= 4 is 15.9 Å². The minimum absolute atomic E-state index is 0.122. The van der Waals surface area contributed by atoms with Crippen molar-refractivity contribution in [2.24, 2.45) is 5.92 Å². The van der Waals surface area contributed by atoms with Crippen LogP contribution in [0.25, 0.3) is 0 Å². The molecule has 1 amide bonds. The lowest BCUT2D eigenvalue weighted by atomic mass is 10.1. The number of morpholine rings is 1. The molecule has 0 atom stereocenters. The number of halogens is 1. The first-order valence-corrected chi connectivity index (χ1v) is 12.0. The summed E-state index contributed by atoms with van der Waals surface area (Å²) < 4.78 is 46.1. The van der Waals surface area contributed by atoms with E-state index in [1.54, 1.807) is 29.2 Å². The molecular formula is C23H27FN2O4S. The van der Waals surface area contributed by atoms with Gasteiger partial charge in [-0.2, -0.15) is 4.31 Å². The average molecular weight is 447 g/mol. The van der Waals surface area contributed by atoms with Crippen LogP contribution in [-0.2, 0) is 21.3 Å². The zero-order chi connectivity index (χ0) is 22.0. The smallest absolute Gasteiger partial charge is 0.254 e. The molecule has 31 heavy (non-hydrogen) atoms. The molecule has 0 bridgehead atoms. The monoisotopic (exact) mass is 446 g/mol. The minimum Gasteiger partial charge on any atom is -0.379 e. The van der Waals surface area contributed by atoms with Crippen molar-refractivity contribution in [2.75, 3.05) is 32.8 Å². The summed E-state index contributed by atoms with van der Waals surface area (Å²) in [5.41, 5.74) is 1.95. The van der Waals surface area contributed by atoms with E-state index in [0.29, 0.717) is 50.9 Å². The number of sulfonamides is 1. The maximum absolute atomic E-state index is 13.5. The Bertz CT molecular complexity index is 1050. The van der Waals surface area contributed by atoms with Crippen LogP contribution < -0.4 is 0 Å². The number of nitrogens with zero attached hydrogens (tertiary/aromatic N) is 2. The van der Waals surface area contributed by atoms with Crippen molar-refractivity contribution in [3.8, 4) is 0 Å². The van der Waals surface area contributed by atoms with Crippen LogP contribution in [0.5, 0.6) is 0 Å². The Hall–Kier alpha value is -2.29. The molecule has 4 rings (SSSR count). The van der Waals surface area contributed by atoms with Gasteiger partial charge in [0.25, 0.3) is 5.91 Å². The van der Waals surface area contributed by atoms with Crippen LogP contribution in [0.1, 0.15) is 34.3 Å². The normalized spacial score (nSPS) is 17.5. The van der Waals surface area contributed by atoms with Crippen LogP contribution in [0.4, 0.5) is 4.39 Å². The maximum Gasteiger partial charge on any atom is 0.254 e. The number of hydrogen-bond acceptors (Lipinski definition) is 4. The number of aryl methyl sites for hydroxylation is 1. The minimum atomic E-state index is -3.69. The van der Waals surface area contributed by atoms with Gasteiger partial charge in [0.2, 0.25) is 10.0 Å². The fraction of sp³-hybridized carbons (Fsp3) is 0.435. The van der Waals surface area contributed by atoms with E-state index in [1.807, 2.05) is 6.92 Å². The predicted molar refractivity (Wildman–Crippen MR) is 115 cm³/mol. The summed E-state index contributed by atoms with van der Waals surface area (Å²) in [6.07, 6.45) is 2.16. The van der Waals surface area contributed by atoms with Gasteiger partial charge < -0.3 is 9.64 Å². The van der Waals surface area contributed by atoms with Gasteiger partial charge in [0.15, 0.2) is 0 Å². The number of benzene rings is 2. The Kier molecular flexibility index (Phi) is 6.41. The third-order valence-electron chi connectivity index (χ3n) is 5.80. The quantitative estimate of drug-likeness (QED) is 0.655. The van der Waals surface area contributed by atoms with E-state index in [1.165, 1.54) is 22.5 Å². The Morgan fingerprint density at radius 1 is 1.13 bits per heavy atom. The van der Waals surface area contributed by atoms with Crippen molar-refractivity contribution in [2.45, 2.75) is 31.2 Å². The molecule has 1 aliphatic heterocycles. The number of ether oxygens (including phenoxy) is 1. The highest BCUT2D eigenvalue weighted by Crippen LogP contribution is 2.31. The number of carbonyl (C=O) groups excluding carboxylic acids is 1. The van der Waals surface area contributed by atoms with Crippen LogP contribution in [0.3, 0.4) is 0 Å². The molecule has 2 aliphatic rings. The first-order chi connectivity index (χ1) is 14.8. The SMILES string of the molecule is Cc1ccc(S(=O)(=O)N2CCOCC2)cc1C(=O)N(Cc1ccc(F)cc1)CC1CC1. The molecule has 0 N–H and O–H groups in total. The second-order valence-electron chi connectivity index (χ2n) is 8.25. The third kappa shape index (κ3) is 5.14. The number of carbonyl (C=O) groups is 1. The molecule has 2 aromatic rings.